The van der Waals surface area contributed by atoms with Crippen LogP contribution in [-0.2, 0) is 0 Å². The topological polar surface area (TPSA) is 66.7 Å². The number of anilines is 1. The second-order valence-corrected chi connectivity index (χ2v) is 6.33. The number of ketones is 1. The van der Waals surface area contributed by atoms with Gasteiger partial charge < -0.3 is 9.80 Å². The Morgan fingerprint density at radius 1 is 1.45 bits per heavy atom. The zero-order valence-corrected chi connectivity index (χ0v) is 12.8. The molecule has 2 rings (SSSR count). The van der Waals surface area contributed by atoms with Crippen molar-refractivity contribution in [2.24, 2.45) is 0 Å². The van der Waals surface area contributed by atoms with Gasteiger partial charge >= 0.3 is 5.69 Å². The Morgan fingerprint density at radius 2 is 2.05 bits per heavy atom. The Morgan fingerprint density at radius 3 is 2.50 bits per heavy atom. The van der Waals surface area contributed by atoms with Crippen LogP contribution >= 0.6 is 11.3 Å². The SMILES string of the molecule is CC(=O)c1cc([N+](=O)[O-])c(N2CCC(N(C)C)CC2)s1. The fourth-order valence-corrected chi connectivity index (χ4v) is 3.56. The van der Waals surface area contributed by atoms with Gasteiger partial charge in [-0.1, -0.05) is 0 Å². The first-order valence-corrected chi connectivity index (χ1v) is 7.42. The lowest BCUT2D eigenvalue weighted by atomic mass is 10.0. The molecule has 1 aromatic rings. The number of hydrogen-bond donors (Lipinski definition) is 0. The molecule has 0 unspecified atom stereocenters. The maximum atomic E-state index is 11.4. The van der Waals surface area contributed by atoms with E-state index in [4.69, 9.17) is 0 Å². The van der Waals surface area contributed by atoms with Gasteiger partial charge in [-0.2, -0.15) is 0 Å². The second kappa shape index (κ2) is 5.88. The largest absolute Gasteiger partial charge is 0.358 e. The van der Waals surface area contributed by atoms with Crippen molar-refractivity contribution >= 4 is 27.8 Å². The number of carbonyl (C=O) groups is 1. The standard InChI is InChI=1S/C13H19N3O3S/c1-9(17)12-8-11(16(18)19)13(20-12)15-6-4-10(5-7-15)14(2)3/h8,10H,4-7H2,1-3H3. The van der Waals surface area contributed by atoms with E-state index in [0.717, 1.165) is 25.9 Å². The van der Waals surface area contributed by atoms with Gasteiger partial charge in [0.15, 0.2) is 10.8 Å². The Bertz CT molecular complexity index is 519. The van der Waals surface area contributed by atoms with Crippen LogP contribution in [0.2, 0.25) is 0 Å². The van der Waals surface area contributed by atoms with Gasteiger partial charge in [0.1, 0.15) is 0 Å². The van der Waals surface area contributed by atoms with Crippen LogP contribution in [0.25, 0.3) is 0 Å². The van der Waals surface area contributed by atoms with Crippen LogP contribution in [0.5, 0.6) is 0 Å². The number of hydrogen-bond acceptors (Lipinski definition) is 6. The van der Waals surface area contributed by atoms with E-state index in [1.807, 2.05) is 4.90 Å². The van der Waals surface area contributed by atoms with Crippen molar-refractivity contribution < 1.29 is 9.72 Å². The van der Waals surface area contributed by atoms with Gasteiger partial charge in [-0.25, -0.2) is 0 Å². The fraction of sp³-hybridized carbons (Fsp3) is 0.615. The van der Waals surface area contributed by atoms with E-state index in [9.17, 15) is 14.9 Å². The smallest absolute Gasteiger partial charge is 0.304 e. The van der Waals surface area contributed by atoms with Crippen molar-refractivity contribution in [3.63, 3.8) is 0 Å². The van der Waals surface area contributed by atoms with Crippen molar-refractivity contribution in [1.29, 1.82) is 0 Å². The van der Waals surface area contributed by atoms with E-state index >= 15 is 0 Å². The van der Waals surface area contributed by atoms with Gasteiger partial charge in [-0.05, 0) is 33.9 Å². The molecule has 7 heteroatoms. The molecule has 0 N–H and O–H groups in total. The molecule has 6 nitrogen and oxygen atoms in total. The Balaban J connectivity index is 2.20. The predicted molar refractivity (Wildman–Crippen MR) is 79.9 cm³/mol. The third-order valence-corrected chi connectivity index (χ3v) is 5.01. The van der Waals surface area contributed by atoms with Crippen LogP contribution in [0.15, 0.2) is 6.07 Å². The van der Waals surface area contributed by atoms with Crippen LogP contribution in [-0.4, -0.2) is 48.8 Å². The first-order chi connectivity index (χ1) is 9.40. The van der Waals surface area contributed by atoms with Gasteiger partial charge in [0.05, 0.1) is 9.80 Å². The molecule has 0 atom stereocenters. The molecule has 0 bridgehead atoms. The zero-order chi connectivity index (χ0) is 14.9. The molecule has 0 aliphatic carbocycles. The molecule has 0 radical (unpaired) electrons. The molecule has 0 aromatic carbocycles. The lowest BCUT2D eigenvalue weighted by Gasteiger charge is -2.35. The summed E-state index contributed by atoms with van der Waals surface area (Å²) in [6.07, 6.45) is 1.97. The van der Waals surface area contributed by atoms with E-state index < -0.39 is 4.92 Å². The van der Waals surface area contributed by atoms with Crippen molar-refractivity contribution in [3.8, 4) is 0 Å². The normalized spacial score (nSPS) is 16.7. The summed E-state index contributed by atoms with van der Waals surface area (Å²) in [5.41, 5.74) is 0.0588. The molecule has 0 amide bonds. The highest BCUT2D eigenvalue weighted by Crippen LogP contribution is 2.39. The molecule has 0 spiro atoms. The number of rotatable bonds is 4. The average molecular weight is 297 g/mol. The van der Waals surface area contributed by atoms with Crippen LogP contribution in [0.3, 0.4) is 0 Å². The molecule has 1 aliphatic rings. The molecule has 110 valence electrons. The molecule has 0 saturated carbocycles. The van der Waals surface area contributed by atoms with Gasteiger partial charge in [0, 0.05) is 25.2 Å². The quantitative estimate of drug-likeness (QED) is 0.485. The summed E-state index contributed by atoms with van der Waals surface area (Å²) in [4.78, 5) is 26.9. The molecular weight excluding hydrogens is 278 g/mol. The van der Waals surface area contributed by atoms with Crippen LogP contribution < -0.4 is 4.90 Å². The lowest BCUT2D eigenvalue weighted by Crippen LogP contribution is -2.41. The Labute approximate surface area is 122 Å². The minimum atomic E-state index is -0.393. The van der Waals surface area contributed by atoms with Crippen molar-refractivity contribution in [1.82, 2.24) is 4.90 Å². The molecule has 2 heterocycles. The molecular formula is C13H19N3O3S. The van der Waals surface area contributed by atoms with Gasteiger partial charge in [0.25, 0.3) is 0 Å². The van der Waals surface area contributed by atoms with Gasteiger partial charge in [-0.3, -0.25) is 14.9 Å². The number of carbonyl (C=O) groups excluding carboxylic acids is 1. The average Bonchev–Trinajstić information content (AvgIpc) is 2.84. The molecule has 1 saturated heterocycles. The van der Waals surface area contributed by atoms with E-state index in [-0.39, 0.29) is 11.5 Å². The third kappa shape index (κ3) is 2.99. The number of piperidine rings is 1. The summed E-state index contributed by atoms with van der Waals surface area (Å²) in [5.74, 6) is -0.118. The number of nitro groups is 1. The highest BCUT2D eigenvalue weighted by Gasteiger charge is 2.29. The van der Waals surface area contributed by atoms with E-state index in [0.29, 0.717) is 15.9 Å². The van der Waals surface area contributed by atoms with E-state index in [1.165, 1.54) is 24.3 Å². The van der Waals surface area contributed by atoms with E-state index in [1.54, 1.807) is 0 Å². The second-order valence-electron chi connectivity index (χ2n) is 5.30. The summed E-state index contributed by atoms with van der Waals surface area (Å²) >= 11 is 1.23. The summed E-state index contributed by atoms with van der Waals surface area (Å²) in [6, 6.07) is 1.93. The third-order valence-electron chi connectivity index (χ3n) is 3.72. The monoisotopic (exact) mass is 297 g/mol. The van der Waals surface area contributed by atoms with Crippen LogP contribution in [0.1, 0.15) is 29.4 Å². The van der Waals surface area contributed by atoms with Gasteiger partial charge in [0.2, 0.25) is 0 Å². The van der Waals surface area contributed by atoms with E-state index in [2.05, 4.69) is 19.0 Å². The zero-order valence-electron chi connectivity index (χ0n) is 12.0. The maximum Gasteiger partial charge on any atom is 0.304 e. The predicted octanol–water partition coefficient (Wildman–Crippen LogP) is 2.39. The number of Topliss-reactive ketones (excluding diaryl/α,β-unsaturated/α-hetero) is 1. The molecule has 1 aromatic heterocycles. The Hall–Kier alpha value is -1.47. The minimum absolute atomic E-state index is 0.0588. The Kier molecular flexibility index (Phi) is 4.39. The summed E-state index contributed by atoms with van der Waals surface area (Å²) in [6.45, 7) is 3.03. The summed E-state index contributed by atoms with van der Waals surface area (Å²) in [7, 11) is 4.11. The van der Waals surface area contributed by atoms with Crippen LogP contribution in [0.4, 0.5) is 10.7 Å². The first kappa shape index (κ1) is 14.9. The van der Waals surface area contributed by atoms with Crippen molar-refractivity contribution in [2.45, 2.75) is 25.8 Å². The molecule has 1 fully saturated rings. The highest BCUT2D eigenvalue weighted by atomic mass is 32.1. The minimum Gasteiger partial charge on any atom is -0.358 e. The number of nitrogens with zero attached hydrogens (tertiary/aromatic N) is 3. The molecule has 1 aliphatic heterocycles. The first-order valence-electron chi connectivity index (χ1n) is 6.60. The van der Waals surface area contributed by atoms with Gasteiger partial charge in [-0.15, -0.1) is 11.3 Å². The fourth-order valence-electron chi connectivity index (χ4n) is 2.49. The summed E-state index contributed by atoms with van der Waals surface area (Å²) < 4.78 is 0. The highest BCUT2D eigenvalue weighted by molar-refractivity contribution is 7.18. The van der Waals surface area contributed by atoms with Crippen molar-refractivity contribution in [3.05, 3.63) is 21.1 Å². The summed E-state index contributed by atoms with van der Waals surface area (Å²) in [5, 5.41) is 11.8. The maximum absolute atomic E-state index is 11.4. The van der Waals surface area contributed by atoms with Crippen molar-refractivity contribution in [2.75, 3.05) is 32.1 Å². The number of thiophene rings is 1. The lowest BCUT2D eigenvalue weighted by molar-refractivity contribution is -0.383. The van der Waals surface area contributed by atoms with Crippen LogP contribution in [0, 0.1) is 10.1 Å². The molecule has 20 heavy (non-hydrogen) atoms.